The molecule has 0 fully saturated rings. The fraction of sp³-hybridized carbons (Fsp3) is 0.150. The van der Waals surface area contributed by atoms with Crippen molar-refractivity contribution in [3.05, 3.63) is 145 Å². The first-order valence-corrected chi connectivity index (χ1v) is 15.0. The summed E-state index contributed by atoms with van der Waals surface area (Å²) in [6.45, 7) is 7.68. The van der Waals surface area contributed by atoms with Gasteiger partial charge < -0.3 is 14.5 Å². The van der Waals surface area contributed by atoms with Crippen LogP contribution < -0.4 is 0 Å². The van der Waals surface area contributed by atoms with Gasteiger partial charge in [0.15, 0.2) is 0 Å². The van der Waals surface area contributed by atoms with E-state index < -0.39 is 0 Å². The Morgan fingerprint density at radius 3 is 2.23 bits per heavy atom. The van der Waals surface area contributed by atoms with Gasteiger partial charge in [-0.3, -0.25) is 0 Å². The molecule has 4 heteroatoms. The second-order valence-corrected chi connectivity index (χ2v) is 11.1. The van der Waals surface area contributed by atoms with Gasteiger partial charge in [-0.15, -0.1) is 59.7 Å². The van der Waals surface area contributed by atoms with Gasteiger partial charge in [0, 0.05) is 50.1 Å². The van der Waals surface area contributed by atoms with Gasteiger partial charge >= 0.3 is 0 Å². The van der Waals surface area contributed by atoms with Gasteiger partial charge in [0.25, 0.3) is 0 Å². The number of nitrogens with zero attached hydrogens (tertiary/aromatic N) is 3. The fourth-order valence-electron chi connectivity index (χ4n) is 5.67. The van der Waals surface area contributed by atoms with Crippen LogP contribution in [0.2, 0.25) is 0 Å². The first kappa shape index (κ1) is 31.1. The van der Waals surface area contributed by atoms with Gasteiger partial charge in [0.2, 0.25) is 0 Å². The molecule has 0 N–H and O–H groups in total. The predicted molar refractivity (Wildman–Crippen MR) is 180 cm³/mol. The monoisotopic (exact) mass is 750 g/mol. The van der Waals surface area contributed by atoms with E-state index in [9.17, 15) is 0 Å². The van der Waals surface area contributed by atoms with Crippen LogP contribution in [0.3, 0.4) is 0 Å². The molecule has 7 rings (SSSR count). The molecule has 0 bridgehead atoms. The molecule has 0 saturated carbocycles. The number of aromatic nitrogens is 3. The van der Waals surface area contributed by atoms with E-state index in [0.717, 1.165) is 35.5 Å². The first-order chi connectivity index (χ1) is 21.1. The number of para-hydroxylation sites is 1. The number of pyridine rings is 2. The van der Waals surface area contributed by atoms with Crippen LogP contribution in [0.1, 0.15) is 26.3 Å². The molecule has 7 aromatic rings. The van der Waals surface area contributed by atoms with Gasteiger partial charge in [-0.2, -0.15) is 0 Å². The molecule has 221 valence electrons. The normalized spacial score (nSPS) is 10.8. The Hall–Kier alpha value is -4.37. The number of rotatable bonds is 6. The minimum absolute atomic E-state index is 0. The molecule has 44 heavy (non-hydrogen) atoms. The summed E-state index contributed by atoms with van der Waals surface area (Å²) in [6, 6.07) is 46.1. The minimum Gasteiger partial charge on any atom is -0.380 e. The van der Waals surface area contributed by atoms with Crippen LogP contribution >= 0.6 is 0 Å². The zero-order valence-electron chi connectivity index (χ0n) is 25.3. The van der Waals surface area contributed by atoms with E-state index in [0.29, 0.717) is 5.92 Å². The van der Waals surface area contributed by atoms with Gasteiger partial charge in [-0.1, -0.05) is 92.9 Å². The maximum absolute atomic E-state index is 4.60. The van der Waals surface area contributed by atoms with Crippen LogP contribution in [-0.2, 0) is 33.1 Å². The molecule has 3 nitrogen and oxygen atoms in total. The van der Waals surface area contributed by atoms with Crippen LogP contribution in [0.15, 0.2) is 128 Å². The fourth-order valence-corrected chi connectivity index (χ4v) is 5.67. The number of hydrogen-bond donors (Lipinski definition) is 0. The number of hydrogen-bond acceptors (Lipinski definition) is 2. The van der Waals surface area contributed by atoms with Crippen molar-refractivity contribution in [2.24, 2.45) is 5.92 Å². The molecular weight excluding hydrogens is 715 g/mol. The molecular formula is C40H35IrN3-2. The first-order valence-electron chi connectivity index (χ1n) is 15.0. The van der Waals surface area contributed by atoms with Crippen LogP contribution in [0, 0.1) is 18.1 Å². The van der Waals surface area contributed by atoms with Crippen molar-refractivity contribution in [1.82, 2.24) is 14.5 Å². The summed E-state index contributed by atoms with van der Waals surface area (Å²) < 4.78 is 2.43. The number of aryl methyl sites for hydroxylation is 1. The zero-order valence-corrected chi connectivity index (χ0v) is 27.7. The van der Waals surface area contributed by atoms with Crippen LogP contribution in [0.25, 0.3) is 55.4 Å². The van der Waals surface area contributed by atoms with E-state index >= 15 is 0 Å². The van der Waals surface area contributed by atoms with Crippen LogP contribution in [0.4, 0.5) is 0 Å². The third kappa shape index (κ3) is 6.57. The molecule has 0 saturated heterocycles. The molecule has 1 radical (unpaired) electrons. The smallest absolute Gasteiger partial charge is 0.0391 e. The number of fused-ring (bicyclic) bond motifs is 3. The SMILES string of the molecule is CC(C)Cn1c2ccccc2c2cc[c-]c(-c3ccccn3)c21.CCc1cc(-c2[c-]cccc2)ncc1-c1ccccc1.[Ir]. The molecule has 0 aliphatic heterocycles. The van der Waals surface area contributed by atoms with E-state index in [1.54, 1.807) is 0 Å². The van der Waals surface area contributed by atoms with Crippen LogP contribution in [0.5, 0.6) is 0 Å². The van der Waals surface area contributed by atoms with Gasteiger partial charge in [-0.25, -0.2) is 0 Å². The Morgan fingerprint density at radius 2 is 1.50 bits per heavy atom. The molecule has 0 aliphatic carbocycles. The summed E-state index contributed by atoms with van der Waals surface area (Å²) in [5, 5.41) is 2.58. The summed E-state index contributed by atoms with van der Waals surface area (Å²) in [5.41, 5.74) is 10.4. The van der Waals surface area contributed by atoms with Gasteiger partial charge in [0.05, 0.1) is 0 Å². The van der Waals surface area contributed by atoms with E-state index in [-0.39, 0.29) is 20.1 Å². The van der Waals surface area contributed by atoms with E-state index in [1.165, 1.54) is 38.5 Å². The Balaban J connectivity index is 0.000000172. The summed E-state index contributed by atoms with van der Waals surface area (Å²) in [4.78, 5) is 9.15. The topological polar surface area (TPSA) is 30.7 Å². The second-order valence-electron chi connectivity index (χ2n) is 11.1. The summed E-state index contributed by atoms with van der Waals surface area (Å²) in [5.74, 6) is 0.575. The Bertz CT molecular complexity index is 1950. The summed E-state index contributed by atoms with van der Waals surface area (Å²) >= 11 is 0. The Morgan fingerprint density at radius 1 is 0.727 bits per heavy atom. The molecule has 0 spiro atoms. The molecule has 3 aromatic heterocycles. The van der Waals surface area contributed by atoms with Crippen molar-refractivity contribution in [3.63, 3.8) is 0 Å². The van der Waals surface area contributed by atoms with E-state index in [4.69, 9.17) is 0 Å². The summed E-state index contributed by atoms with van der Waals surface area (Å²) in [6.07, 6.45) is 4.81. The third-order valence-corrected chi connectivity index (χ3v) is 7.63. The quantitative estimate of drug-likeness (QED) is 0.159. The Kier molecular flexibility index (Phi) is 10.2. The zero-order chi connectivity index (χ0) is 29.6. The van der Waals surface area contributed by atoms with Crippen LogP contribution in [-0.4, -0.2) is 14.5 Å². The van der Waals surface area contributed by atoms with Crippen molar-refractivity contribution in [1.29, 1.82) is 0 Å². The summed E-state index contributed by atoms with van der Waals surface area (Å²) in [7, 11) is 0. The van der Waals surface area contributed by atoms with E-state index in [2.05, 4.69) is 114 Å². The van der Waals surface area contributed by atoms with Crippen molar-refractivity contribution in [3.8, 4) is 33.6 Å². The molecule has 0 atom stereocenters. The van der Waals surface area contributed by atoms with Crippen molar-refractivity contribution < 1.29 is 20.1 Å². The molecule has 3 heterocycles. The molecule has 0 aliphatic rings. The predicted octanol–water partition coefficient (Wildman–Crippen LogP) is 10.1. The average Bonchev–Trinajstić information content (AvgIpc) is 3.39. The Labute approximate surface area is 274 Å². The van der Waals surface area contributed by atoms with Gasteiger partial charge in [0.1, 0.15) is 0 Å². The minimum atomic E-state index is 0. The maximum Gasteiger partial charge on any atom is 0.0391 e. The largest absolute Gasteiger partial charge is 0.380 e. The maximum atomic E-state index is 4.60. The van der Waals surface area contributed by atoms with Crippen molar-refractivity contribution in [2.75, 3.05) is 0 Å². The molecule has 0 unspecified atom stereocenters. The molecule has 4 aromatic carbocycles. The molecule has 0 amide bonds. The second kappa shape index (κ2) is 14.4. The van der Waals surface area contributed by atoms with Crippen molar-refractivity contribution >= 4 is 21.8 Å². The average molecular weight is 750 g/mol. The standard InChI is InChI=1S/C21H19N2.C19H16N.Ir/c1-15(2)14-23-20-12-4-3-8-16(20)17-9-7-10-18(21(17)23)19-11-5-6-13-22-19;1-2-15-13-19(17-11-7-4-8-12-17)20-14-18(15)16-9-5-3-6-10-16;/h3-9,11-13,15H,14H2,1-2H3;3-11,13-14H,2H2,1H3;/q2*-1;. The number of benzene rings is 4. The third-order valence-electron chi connectivity index (χ3n) is 7.63. The van der Waals surface area contributed by atoms with E-state index in [1.807, 2.05) is 60.9 Å². The van der Waals surface area contributed by atoms with Crippen molar-refractivity contribution in [2.45, 2.75) is 33.7 Å². The van der Waals surface area contributed by atoms with Gasteiger partial charge in [-0.05, 0) is 57.9 Å².